The van der Waals surface area contributed by atoms with E-state index in [1.165, 1.54) is 11.3 Å². The molecule has 2 atom stereocenters. The van der Waals surface area contributed by atoms with Gasteiger partial charge in [-0.1, -0.05) is 24.3 Å². The van der Waals surface area contributed by atoms with Crippen LogP contribution in [0.1, 0.15) is 69.4 Å². The largest absolute Gasteiger partial charge is 0.460 e. The number of aryl methyl sites for hydroxylation is 1. The van der Waals surface area contributed by atoms with Crippen molar-refractivity contribution in [2.24, 2.45) is 0 Å². The molecule has 3 aromatic rings. The average molecular weight is 688 g/mol. The van der Waals surface area contributed by atoms with Gasteiger partial charge >= 0.3 is 5.97 Å². The Kier molecular flexibility index (Phi) is 8.70. The predicted octanol–water partition coefficient (Wildman–Crippen LogP) is 5.39. The minimum absolute atomic E-state index is 0.0258. The highest BCUT2D eigenvalue weighted by atomic mass is 32.1. The van der Waals surface area contributed by atoms with Crippen LogP contribution in [0.2, 0.25) is 0 Å². The van der Waals surface area contributed by atoms with Crippen LogP contribution >= 0.6 is 11.3 Å². The van der Waals surface area contributed by atoms with Gasteiger partial charge in [-0.25, -0.2) is 19.4 Å². The van der Waals surface area contributed by atoms with E-state index in [4.69, 9.17) is 4.74 Å². The normalized spacial score (nSPS) is 21.0. The van der Waals surface area contributed by atoms with Crippen molar-refractivity contribution < 1.29 is 23.8 Å². The van der Waals surface area contributed by atoms with Crippen LogP contribution in [0.25, 0.3) is 5.57 Å². The average Bonchev–Trinajstić information content (AvgIpc) is 3.85. The number of halogens is 1. The van der Waals surface area contributed by atoms with Crippen LogP contribution in [0.3, 0.4) is 0 Å². The first-order valence-corrected chi connectivity index (χ1v) is 17.6. The third kappa shape index (κ3) is 6.66. The van der Waals surface area contributed by atoms with E-state index < -0.39 is 29.3 Å². The Morgan fingerprint density at radius 2 is 1.90 bits per heavy atom. The number of fused-ring (bicyclic) bond motifs is 2. The number of rotatable bonds is 8. The quantitative estimate of drug-likeness (QED) is 0.301. The van der Waals surface area contributed by atoms with Crippen LogP contribution in [0, 0.1) is 0 Å². The highest BCUT2D eigenvalue weighted by molar-refractivity contribution is 7.13. The van der Waals surface area contributed by atoms with Gasteiger partial charge in [0.25, 0.3) is 5.91 Å². The lowest BCUT2D eigenvalue weighted by Crippen LogP contribution is -2.46. The number of piperidine rings is 1. The van der Waals surface area contributed by atoms with E-state index in [9.17, 15) is 14.7 Å². The number of benzene rings is 1. The zero-order valence-electron chi connectivity index (χ0n) is 28.2. The van der Waals surface area contributed by atoms with E-state index in [0.29, 0.717) is 42.3 Å². The molecule has 0 bridgehead atoms. The number of nitrogens with one attached hydrogen (secondary N) is 1. The van der Waals surface area contributed by atoms with Gasteiger partial charge in [-0.15, -0.1) is 11.3 Å². The molecule has 1 saturated heterocycles. The number of carbonyl (C=O) groups is 2. The lowest BCUT2D eigenvalue weighted by molar-refractivity contribution is -0.161. The van der Waals surface area contributed by atoms with Crippen molar-refractivity contribution in [1.29, 1.82) is 0 Å². The molecule has 5 heterocycles. The summed E-state index contributed by atoms with van der Waals surface area (Å²) in [6.45, 7) is 7.49. The highest BCUT2D eigenvalue weighted by Gasteiger charge is 2.43. The second kappa shape index (κ2) is 12.8. The number of amides is 1. The molecule has 2 aromatic heterocycles. The summed E-state index contributed by atoms with van der Waals surface area (Å²) in [5.41, 5.74) is 2.94. The first-order valence-electron chi connectivity index (χ1n) is 16.7. The third-order valence-electron chi connectivity index (χ3n) is 9.63. The smallest absolute Gasteiger partial charge is 0.309 e. The maximum absolute atomic E-state index is 16.5. The van der Waals surface area contributed by atoms with Gasteiger partial charge in [0.05, 0.1) is 24.0 Å². The summed E-state index contributed by atoms with van der Waals surface area (Å²) in [7, 11) is 1.80. The van der Waals surface area contributed by atoms with Crippen molar-refractivity contribution in [3.8, 4) is 0 Å². The first kappa shape index (κ1) is 33.2. The molecule has 11 nitrogen and oxygen atoms in total. The summed E-state index contributed by atoms with van der Waals surface area (Å²) in [6.07, 6.45) is 11.7. The van der Waals surface area contributed by atoms with E-state index in [1.54, 1.807) is 41.0 Å². The Bertz CT molecular complexity index is 1820. The molecule has 1 aliphatic carbocycles. The maximum atomic E-state index is 16.5. The Balaban J connectivity index is 1.07. The van der Waals surface area contributed by atoms with Crippen LogP contribution in [0.15, 0.2) is 71.9 Å². The molecule has 258 valence electrons. The second-order valence-electron chi connectivity index (χ2n) is 14.2. The van der Waals surface area contributed by atoms with E-state index in [0.717, 1.165) is 41.9 Å². The third-order valence-corrected chi connectivity index (χ3v) is 10.3. The molecule has 0 saturated carbocycles. The van der Waals surface area contributed by atoms with Crippen molar-refractivity contribution in [3.05, 3.63) is 88.9 Å². The van der Waals surface area contributed by atoms with Crippen LogP contribution < -0.4 is 10.2 Å². The maximum Gasteiger partial charge on any atom is 0.309 e. The molecule has 7 rings (SSSR count). The fourth-order valence-corrected chi connectivity index (χ4v) is 7.75. The van der Waals surface area contributed by atoms with E-state index >= 15 is 4.39 Å². The molecule has 49 heavy (non-hydrogen) atoms. The van der Waals surface area contributed by atoms with E-state index in [-0.39, 0.29) is 18.2 Å². The van der Waals surface area contributed by atoms with Gasteiger partial charge in [0.2, 0.25) is 0 Å². The number of aromatic nitrogens is 3. The Labute approximate surface area is 289 Å². The summed E-state index contributed by atoms with van der Waals surface area (Å²) in [4.78, 5) is 37.3. The summed E-state index contributed by atoms with van der Waals surface area (Å²) >= 11 is 1.34. The van der Waals surface area contributed by atoms with Crippen molar-refractivity contribution in [3.63, 3.8) is 0 Å². The number of hydrazine groups is 1. The molecule has 3 aliphatic heterocycles. The number of allylic oxidation sites excluding steroid dienone is 2. The molecule has 1 amide bonds. The van der Waals surface area contributed by atoms with Gasteiger partial charge in [-0.05, 0) is 69.7 Å². The monoisotopic (exact) mass is 687 g/mol. The number of likely N-dealkylation sites (N-methyl/N-ethyl adjacent to an activating group) is 1. The second-order valence-corrected chi connectivity index (χ2v) is 15.1. The first-order chi connectivity index (χ1) is 23.4. The predicted molar refractivity (Wildman–Crippen MR) is 186 cm³/mol. The van der Waals surface area contributed by atoms with Crippen molar-refractivity contribution in [2.45, 2.75) is 82.7 Å². The number of esters is 1. The summed E-state index contributed by atoms with van der Waals surface area (Å²) < 4.78 is 24.0. The number of ether oxygens (including phenoxy) is 1. The summed E-state index contributed by atoms with van der Waals surface area (Å²) in [5, 5.41) is 19.9. The zero-order chi connectivity index (χ0) is 34.5. The molecule has 4 aliphatic rings. The van der Waals surface area contributed by atoms with Gasteiger partial charge in [0, 0.05) is 61.4 Å². The Morgan fingerprint density at radius 1 is 1.14 bits per heavy atom. The molecule has 0 spiro atoms. The van der Waals surface area contributed by atoms with Gasteiger partial charge < -0.3 is 19.3 Å². The lowest BCUT2D eigenvalue weighted by Gasteiger charge is -2.39. The van der Waals surface area contributed by atoms with Crippen molar-refractivity contribution in [1.82, 2.24) is 24.6 Å². The van der Waals surface area contributed by atoms with Crippen molar-refractivity contribution in [2.75, 3.05) is 30.4 Å². The van der Waals surface area contributed by atoms with Gasteiger partial charge in [-0.2, -0.15) is 0 Å². The Morgan fingerprint density at radius 3 is 2.59 bits per heavy atom. The number of nitrogens with zero attached hydrogens (tertiary/aromatic N) is 6. The van der Waals surface area contributed by atoms with E-state index in [2.05, 4.69) is 24.8 Å². The van der Waals surface area contributed by atoms with Crippen LogP contribution in [-0.2, 0) is 27.3 Å². The minimum Gasteiger partial charge on any atom is -0.460 e. The number of hydrogen-bond donors (Lipinski definition) is 2. The summed E-state index contributed by atoms with van der Waals surface area (Å²) in [6, 6.07) is 6.25. The number of aliphatic hydroxyl groups is 1. The highest BCUT2D eigenvalue weighted by Crippen LogP contribution is 2.42. The fraction of sp³-hybridized carbons (Fsp3) is 0.444. The molecular weight excluding hydrogens is 646 g/mol. The molecule has 13 heteroatoms. The number of anilines is 2. The lowest BCUT2D eigenvalue weighted by atomic mass is 9.88. The minimum atomic E-state index is -1.09. The van der Waals surface area contributed by atoms with Gasteiger partial charge in [-0.3, -0.25) is 19.9 Å². The molecule has 1 fully saturated rings. The topological polar surface area (TPSA) is 116 Å². The molecule has 2 N–H and O–H groups in total. The zero-order valence-corrected chi connectivity index (χ0v) is 29.0. The van der Waals surface area contributed by atoms with Gasteiger partial charge in [0.1, 0.15) is 17.5 Å². The van der Waals surface area contributed by atoms with Gasteiger partial charge in [0.15, 0.2) is 11.2 Å². The number of carbonyl (C=O) groups excluding carboxylic acids is 2. The molecule has 1 aromatic carbocycles. The molecular formula is C36H42FN7O4S. The fourth-order valence-electron chi connectivity index (χ4n) is 7.22. The van der Waals surface area contributed by atoms with Crippen LogP contribution in [0.4, 0.5) is 15.2 Å². The summed E-state index contributed by atoms with van der Waals surface area (Å²) in [5.74, 6) is -0.973. The molecule has 0 radical (unpaired) electrons. The van der Waals surface area contributed by atoms with Crippen molar-refractivity contribution >= 4 is 39.6 Å². The number of hydrogen-bond acceptors (Lipinski definition) is 10. The SMILES string of the molecule is CN1C2C(=CN1C(C(=O)Nc1nccs1)c1ncn3c1CCC3)C=CC(c1ccc(N3CCC(O)(CC(=O)OC(C)(C)C)CC3)cc1)=C2F. The standard InChI is InChI=1S/C36H42FN7O4S/c1-35(2,3)48-28(45)20-36(47)13-17-42(18-14-36)25-10-7-23(8-11-25)26-12-9-24-21-44(41(4)31(24)29(26)37)32(33(46)40-34-38-15-19-49-34)30-27-6-5-16-43(27)22-39-30/h7-12,15,19,21-22,31-32,47H,5-6,13-14,16-18,20H2,1-4H3,(H,38,40,46). The Hall–Kier alpha value is -4.33. The number of thiazole rings is 1. The van der Waals surface area contributed by atoms with Crippen LogP contribution in [0.5, 0.6) is 0 Å². The van der Waals surface area contributed by atoms with E-state index in [1.807, 2.05) is 57.3 Å². The number of imidazole rings is 1. The molecule has 2 unspecified atom stereocenters. The van der Waals surface area contributed by atoms with Crippen LogP contribution in [-0.4, -0.2) is 78.9 Å².